The molecule has 3 rings (SSSR count). The van der Waals surface area contributed by atoms with Gasteiger partial charge in [-0.25, -0.2) is 4.39 Å². The summed E-state index contributed by atoms with van der Waals surface area (Å²) in [7, 11) is 0. The van der Waals surface area contributed by atoms with Gasteiger partial charge >= 0.3 is 0 Å². The summed E-state index contributed by atoms with van der Waals surface area (Å²) in [6, 6.07) is 13.9. The average molecular weight is 285 g/mol. The van der Waals surface area contributed by atoms with E-state index in [0.717, 1.165) is 16.9 Å². The average Bonchev–Trinajstić information content (AvgIpc) is 2.53. The van der Waals surface area contributed by atoms with Gasteiger partial charge in [-0.05, 0) is 35.7 Å². The maximum atomic E-state index is 12.8. The number of rotatable bonds is 3. The number of nitrogens with one attached hydrogen (secondary N) is 1. The van der Waals surface area contributed by atoms with Crippen molar-refractivity contribution >= 4 is 5.91 Å². The molecule has 0 bridgehead atoms. The normalized spacial score (nSPS) is 16.7. The fourth-order valence-electron chi connectivity index (χ4n) is 2.43. The Morgan fingerprint density at radius 3 is 2.76 bits per heavy atom. The second kappa shape index (κ2) is 5.95. The summed E-state index contributed by atoms with van der Waals surface area (Å²) < 4.78 is 18.4. The minimum absolute atomic E-state index is 0.0335. The van der Waals surface area contributed by atoms with Crippen molar-refractivity contribution in [2.75, 3.05) is 6.61 Å². The van der Waals surface area contributed by atoms with Gasteiger partial charge in [0, 0.05) is 6.54 Å². The number of hydrogen-bond donors (Lipinski definition) is 1. The van der Waals surface area contributed by atoms with Crippen LogP contribution in [0.2, 0.25) is 0 Å². The van der Waals surface area contributed by atoms with Crippen molar-refractivity contribution in [1.29, 1.82) is 0 Å². The van der Waals surface area contributed by atoms with Crippen molar-refractivity contribution in [3.05, 3.63) is 65.5 Å². The van der Waals surface area contributed by atoms with E-state index in [9.17, 15) is 9.18 Å². The van der Waals surface area contributed by atoms with Crippen LogP contribution in [0.4, 0.5) is 4.39 Å². The predicted molar refractivity (Wildman–Crippen MR) is 77.4 cm³/mol. The van der Waals surface area contributed by atoms with E-state index in [1.807, 2.05) is 24.3 Å². The van der Waals surface area contributed by atoms with Crippen LogP contribution in [0.25, 0.3) is 0 Å². The van der Waals surface area contributed by atoms with Crippen LogP contribution in [-0.4, -0.2) is 12.5 Å². The van der Waals surface area contributed by atoms with Crippen molar-refractivity contribution in [2.45, 2.75) is 13.0 Å². The van der Waals surface area contributed by atoms with Gasteiger partial charge in [0.1, 0.15) is 18.2 Å². The molecule has 0 radical (unpaired) electrons. The number of hydrogen-bond acceptors (Lipinski definition) is 2. The van der Waals surface area contributed by atoms with Gasteiger partial charge in [0.2, 0.25) is 5.91 Å². The number of fused-ring (bicyclic) bond motifs is 1. The molecule has 0 aromatic heterocycles. The van der Waals surface area contributed by atoms with Crippen LogP contribution in [0.15, 0.2) is 48.5 Å². The van der Waals surface area contributed by atoms with Gasteiger partial charge in [0.25, 0.3) is 0 Å². The lowest BCUT2D eigenvalue weighted by Gasteiger charge is -2.24. The molecule has 0 saturated heterocycles. The monoisotopic (exact) mass is 285 g/mol. The smallest absolute Gasteiger partial charge is 0.227 e. The van der Waals surface area contributed by atoms with Gasteiger partial charge in [-0.2, -0.15) is 0 Å². The molecule has 2 aromatic carbocycles. The summed E-state index contributed by atoms with van der Waals surface area (Å²) in [6.45, 7) is 0.795. The molecule has 0 spiro atoms. The Labute approximate surface area is 122 Å². The fourth-order valence-corrected chi connectivity index (χ4v) is 2.43. The number of halogens is 1. The van der Waals surface area contributed by atoms with E-state index in [1.165, 1.54) is 12.1 Å². The fraction of sp³-hybridized carbons (Fsp3) is 0.235. The Morgan fingerprint density at radius 1 is 1.19 bits per heavy atom. The number of ether oxygens (including phenoxy) is 1. The van der Waals surface area contributed by atoms with Gasteiger partial charge in [0.05, 0.1) is 5.92 Å². The molecule has 0 unspecified atom stereocenters. The lowest BCUT2D eigenvalue weighted by atomic mass is 9.96. The third-order valence-electron chi connectivity index (χ3n) is 3.63. The van der Waals surface area contributed by atoms with Crippen LogP contribution in [-0.2, 0) is 17.8 Å². The standard InChI is InChI=1S/C17H16FNO2/c18-15-7-5-12(6-8-15)10-19-17(20)14-9-13-3-1-2-4-16(13)21-11-14/h1-8,14H,9-11H2,(H,19,20)/t14-/m1/s1. The van der Waals surface area contributed by atoms with E-state index in [-0.39, 0.29) is 17.6 Å². The molecule has 4 heteroatoms. The Kier molecular flexibility index (Phi) is 3.86. The number of carbonyl (C=O) groups excluding carboxylic acids is 1. The maximum absolute atomic E-state index is 12.8. The molecular formula is C17H16FNO2. The minimum Gasteiger partial charge on any atom is -0.492 e. The molecular weight excluding hydrogens is 269 g/mol. The first kappa shape index (κ1) is 13.6. The second-order valence-electron chi connectivity index (χ2n) is 5.16. The zero-order chi connectivity index (χ0) is 14.7. The summed E-state index contributed by atoms with van der Waals surface area (Å²) in [4.78, 5) is 12.2. The van der Waals surface area contributed by atoms with Gasteiger partial charge in [-0.1, -0.05) is 30.3 Å². The van der Waals surface area contributed by atoms with E-state index in [0.29, 0.717) is 19.6 Å². The summed E-state index contributed by atoms with van der Waals surface area (Å²) >= 11 is 0. The number of para-hydroxylation sites is 1. The van der Waals surface area contributed by atoms with Crippen molar-refractivity contribution in [1.82, 2.24) is 5.32 Å². The third-order valence-corrected chi connectivity index (χ3v) is 3.63. The Hall–Kier alpha value is -2.36. The number of benzene rings is 2. The molecule has 0 saturated carbocycles. The Balaban J connectivity index is 1.58. The van der Waals surface area contributed by atoms with Crippen molar-refractivity contribution in [2.24, 2.45) is 5.92 Å². The molecule has 1 N–H and O–H groups in total. The molecule has 1 aliphatic rings. The largest absolute Gasteiger partial charge is 0.492 e. The quantitative estimate of drug-likeness (QED) is 0.941. The molecule has 1 atom stereocenters. The van der Waals surface area contributed by atoms with E-state index >= 15 is 0 Å². The minimum atomic E-state index is -0.276. The van der Waals surface area contributed by atoms with Crippen molar-refractivity contribution in [3.63, 3.8) is 0 Å². The first-order valence-electron chi connectivity index (χ1n) is 6.95. The predicted octanol–water partition coefficient (Wildman–Crippen LogP) is 2.69. The van der Waals surface area contributed by atoms with Gasteiger partial charge in [-0.3, -0.25) is 4.79 Å². The summed E-state index contributed by atoms with van der Waals surface area (Å²) in [5.74, 6) is 0.372. The molecule has 21 heavy (non-hydrogen) atoms. The van der Waals surface area contributed by atoms with E-state index < -0.39 is 0 Å². The van der Waals surface area contributed by atoms with E-state index in [1.54, 1.807) is 12.1 Å². The number of carbonyl (C=O) groups is 1. The first-order valence-corrected chi connectivity index (χ1v) is 6.95. The molecule has 0 fully saturated rings. The molecule has 1 amide bonds. The first-order chi connectivity index (χ1) is 10.2. The van der Waals surface area contributed by atoms with Crippen LogP contribution < -0.4 is 10.1 Å². The zero-order valence-electron chi connectivity index (χ0n) is 11.5. The van der Waals surface area contributed by atoms with Gasteiger partial charge in [0.15, 0.2) is 0 Å². The lowest BCUT2D eigenvalue weighted by molar-refractivity contribution is -0.126. The highest BCUT2D eigenvalue weighted by Crippen LogP contribution is 2.26. The van der Waals surface area contributed by atoms with E-state index in [4.69, 9.17) is 4.74 Å². The van der Waals surface area contributed by atoms with Crippen molar-refractivity contribution < 1.29 is 13.9 Å². The lowest BCUT2D eigenvalue weighted by Crippen LogP contribution is -2.37. The van der Waals surface area contributed by atoms with Crippen LogP contribution >= 0.6 is 0 Å². The van der Waals surface area contributed by atoms with Crippen LogP contribution in [0.3, 0.4) is 0 Å². The van der Waals surface area contributed by atoms with Crippen LogP contribution in [0.5, 0.6) is 5.75 Å². The van der Waals surface area contributed by atoms with Crippen molar-refractivity contribution in [3.8, 4) is 5.75 Å². The Morgan fingerprint density at radius 2 is 1.95 bits per heavy atom. The second-order valence-corrected chi connectivity index (χ2v) is 5.16. The molecule has 108 valence electrons. The number of amides is 1. The SMILES string of the molecule is O=C(NCc1ccc(F)cc1)[C@H]1COc2ccccc2C1. The summed E-state index contributed by atoms with van der Waals surface area (Å²) in [5, 5.41) is 2.88. The molecule has 1 aliphatic heterocycles. The highest BCUT2D eigenvalue weighted by Gasteiger charge is 2.25. The van der Waals surface area contributed by atoms with Gasteiger partial charge in [-0.15, -0.1) is 0 Å². The topological polar surface area (TPSA) is 38.3 Å². The molecule has 3 nitrogen and oxygen atoms in total. The molecule has 1 heterocycles. The van der Waals surface area contributed by atoms with E-state index in [2.05, 4.69) is 5.32 Å². The Bertz CT molecular complexity index is 639. The highest BCUT2D eigenvalue weighted by atomic mass is 19.1. The highest BCUT2D eigenvalue weighted by molar-refractivity contribution is 5.79. The zero-order valence-corrected chi connectivity index (χ0v) is 11.5. The van der Waals surface area contributed by atoms with Crippen LogP contribution in [0.1, 0.15) is 11.1 Å². The van der Waals surface area contributed by atoms with Crippen LogP contribution in [0, 0.1) is 11.7 Å². The molecule has 0 aliphatic carbocycles. The molecule has 2 aromatic rings. The summed E-state index contributed by atoms with van der Waals surface area (Å²) in [6.07, 6.45) is 0.686. The van der Waals surface area contributed by atoms with Gasteiger partial charge < -0.3 is 10.1 Å². The third kappa shape index (κ3) is 3.21. The maximum Gasteiger partial charge on any atom is 0.227 e. The summed E-state index contributed by atoms with van der Waals surface area (Å²) in [5.41, 5.74) is 1.94.